The number of carboxylic acid groups (broad SMARTS) is 1. The standard InChI is InChI=1S/C14H16N2O6S/c1-23-12-3-2-9(6-11(12)16(20)21)14(19)15-4-5-22-8-10(15)7-13(17)18/h2-3,6,10H,4-5,7-8H2,1H3,(H,17,18). The highest BCUT2D eigenvalue weighted by molar-refractivity contribution is 7.98. The molecule has 0 aliphatic carbocycles. The van der Waals surface area contributed by atoms with Crippen molar-refractivity contribution in [2.24, 2.45) is 0 Å². The SMILES string of the molecule is CSc1ccc(C(=O)N2CCOCC2CC(=O)O)cc1[N+](=O)[O-]. The Kier molecular flexibility index (Phi) is 5.56. The molecule has 0 aromatic heterocycles. The van der Waals surface area contributed by atoms with Gasteiger partial charge in [0.1, 0.15) is 0 Å². The van der Waals surface area contributed by atoms with Crippen molar-refractivity contribution < 1.29 is 24.4 Å². The number of hydrogen-bond donors (Lipinski definition) is 1. The van der Waals surface area contributed by atoms with E-state index in [9.17, 15) is 19.7 Å². The summed E-state index contributed by atoms with van der Waals surface area (Å²) >= 11 is 1.22. The maximum absolute atomic E-state index is 12.6. The summed E-state index contributed by atoms with van der Waals surface area (Å²) < 4.78 is 5.23. The lowest BCUT2D eigenvalue weighted by Gasteiger charge is -2.34. The van der Waals surface area contributed by atoms with Crippen molar-refractivity contribution in [2.45, 2.75) is 17.4 Å². The van der Waals surface area contributed by atoms with E-state index in [4.69, 9.17) is 9.84 Å². The van der Waals surface area contributed by atoms with Gasteiger partial charge in [-0.3, -0.25) is 19.7 Å². The molecule has 0 saturated carbocycles. The van der Waals surface area contributed by atoms with Crippen molar-refractivity contribution in [2.75, 3.05) is 26.0 Å². The number of amides is 1. The van der Waals surface area contributed by atoms with Gasteiger partial charge in [-0.25, -0.2) is 0 Å². The Morgan fingerprint density at radius 3 is 2.87 bits per heavy atom. The molecule has 23 heavy (non-hydrogen) atoms. The molecule has 9 heteroatoms. The Hall–Kier alpha value is -2.13. The Balaban J connectivity index is 2.29. The summed E-state index contributed by atoms with van der Waals surface area (Å²) in [5.74, 6) is -1.45. The number of carbonyl (C=O) groups excluding carboxylic acids is 1. The van der Waals surface area contributed by atoms with Gasteiger partial charge in [0.2, 0.25) is 0 Å². The summed E-state index contributed by atoms with van der Waals surface area (Å²) in [4.78, 5) is 36.0. The number of ether oxygens (including phenoxy) is 1. The maximum Gasteiger partial charge on any atom is 0.305 e. The van der Waals surface area contributed by atoms with Crippen molar-refractivity contribution in [1.82, 2.24) is 4.90 Å². The number of carbonyl (C=O) groups is 2. The number of carboxylic acids is 1. The third-order valence-corrected chi connectivity index (χ3v) is 4.31. The summed E-state index contributed by atoms with van der Waals surface area (Å²) in [6.07, 6.45) is 1.49. The van der Waals surface area contributed by atoms with E-state index in [0.29, 0.717) is 11.5 Å². The first-order valence-corrected chi connectivity index (χ1v) is 8.09. The van der Waals surface area contributed by atoms with Crippen LogP contribution in [0.25, 0.3) is 0 Å². The summed E-state index contributed by atoms with van der Waals surface area (Å²) in [6.45, 7) is 0.713. The van der Waals surface area contributed by atoms with E-state index < -0.39 is 22.8 Å². The Morgan fingerprint density at radius 1 is 1.52 bits per heavy atom. The third kappa shape index (κ3) is 3.99. The minimum atomic E-state index is -1.03. The zero-order valence-electron chi connectivity index (χ0n) is 12.4. The molecule has 0 spiro atoms. The average molecular weight is 340 g/mol. The number of aliphatic carboxylic acids is 1. The molecule has 2 rings (SSSR count). The van der Waals surface area contributed by atoms with Crippen LogP contribution in [0.5, 0.6) is 0 Å². The van der Waals surface area contributed by atoms with E-state index in [2.05, 4.69) is 0 Å². The van der Waals surface area contributed by atoms with Gasteiger partial charge in [0.05, 0.1) is 35.5 Å². The van der Waals surface area contributed by atoms with Gasteiger partial charge in [0, 0.05) is 18.2 Å². The van der Waals surface area contributed by atoms with Gasteiger partial charge in [-0.05, 0) is 18.4 Å². The molecule has 1 fully saturated rings. The fourth-order valence-electron chi connectivity index (χ4n) is 2.42. The summed E-state index contributed by atoms with van der Waals surface area (Å²) in [6, 6.07) is 3.71. The molecule has 1 atom stereocenters. The number of nitrogens with zero attached hydrogens (tertiary/aromatic N) is 2. The Labute approximate surface area is 136 Å². The predicted molar refractivity (Wildman–Crippen MR) is 82.8 cm³/mol. The average Bonchev–Trinajstić information content (AvgIpc) is 2.53. The van der Waals surface area contributed by atoms with Crippen LogP contribution in [0.3, 0.4) is 0 Å². The number of benzene rings is 1. The molecule has 1 aromatic carbocycles. The second-order valence-electron chi connectivity index (χ2n) is 4.97. The van der Waals surface area contributed by atoms with E-state index in [1.165, 1.54) is 34.9 Å². The van der Waals surface area contributed by atoms with E-state index >= 15 is 0 Å². The maximum atomic E-state index is 12.6. The lowest BCUT2D eigenvalue weighted by atomic mass is 10.1. The topological polar surface area (TPSA) is 110 Å². The van der Waals surface area contributed by atoms with E-state index in [-0.39, 0.29) is 30.8 Å². The summed E-state index contributed by atoms with van der Waals surface area (Å²) in [5, 5.41) is 20.0. The molecular formula is C14H16N2O6S. The lowest BCUT2D eigenvalue weighted by Crippen LogP contribution is -2.49. The van der Waals surface area contributed by atoms with Crippen molar-refractivity contribution >= 4 is 29.3 Å². The normalized spacial score (nSPS) is 17.8. The molecule has 124 valence electrons. The van der Waals surface area contributed by atoms with Crippen molar-refractivity contribution in [3.63, 3.8) is 0 Å². The van der Waals surface area contributed by atoms with Crippen LogP contribution < -0.4 is 0 Å². The second-order valence-corrected chi connectivity index (χ2v) is 5.82. The van der Waals surface area contributed by atoms with Crippen LogP contribution in [0.15, 0.2) is 23.1 Å². The van der Waals surface area contributed by atoms with Crippen LogP contribution in [0.1, 0.15) is 16.8 Å². The number of morpholine rings is 1. The Bertz CT molecular complexity index is 636. The molecule has 1 saturated heterocycles. The van der Waals surface area contributed by atoms with Gasteiger partial charge in [0.25, 0.3) is 11.6 Å². The van der Waals surface area contributed by atoms with Crippen LogP contribution in [-0.4, -0.2) is 58.9 Å². The van der Waals surface area contributed by atoms with Gasteiger partial charge in [-0.15, -0.1) is 11.8 Å². The molecule has 1 unspecified atom stereocenters. The van der Waals surface area contributed by atoms with Crippen LogP contribution in [0.4, 0.5) is 5.69 Å². The van der Waals surface area contributed by atoms with Crippen molar-refractivity contribution in [3.8, 4) is 0 Å². The molecule has 0 bridgehead atoms. The van der Waals surface area contributed by atoms with Gasteiger partial charge < -0.3 is 14.7 Å². The number of hydrogen-bond acceptors (Lipinski definition) is 6. The molecule has 1 aromatic rings. The molecular weight excluding hydrogens is 324 g/mol. The molecule has 1 aliphatic rings. The lowest BCUT2D eigenvalue weighted by molar-refractivity contribution is -0.387. The zero-order valence-corrected chi connectivity index (χ0v) is 13.2. The monoisotopic (exact) mass is 340 g/mol. The van der Waals surface area contributed by atoms with Crippen LogP contribution >= 0.6 is 11.8 Å². The summed E-state index contributed by atoms with van der Waals surface area (Å²) in [5.41, 5.74) is 0.0400. The zero-order chi connectivity index (χ0) is 17.0. The van der Waals surface area contributed by atoms with Gasteiger partial charge in [0.15, 0.2) is 0 Å². The largest absolute Gasteiger partial charge is 0.481 e. The van der Waals surface area contributed by atoms with Crippen LogP contribution in [-0.2, 0) is 9.53 Å². The highest BCUT2D eigenvalue weighted by Crippen LogP contribution is 2.29. The molecule has 8 nitrogen and oxygen atoms in total. The van der Waals surface area contributed by atoms with Crippen molar-refractivity contribution in [3.05, 3.63) is 33.9 Å². The molecule has 0 radical (unpaired) electrons. The number of rotatable bonds is 5. The van der Waals surface area contributed by atoms with E-state index in [1.807, 2.05) is 0 Å². The third-order valence-electron chi connectivity index (χ3n) is 3.52. The molecule has 1 amide bonds. The highest BCUT2D eigenvalue weighted by atomic mass is 32.2. The fraction of sp³-hybridized carbons (Fsp3) is 0.429. The first-order chi connectivity index (χ1) is 10.9. The van der Waals surface area contributed by atoms with E-state index in [0.717, 1.165) is 0 Å². The summed E-state index contributed by atoms with van der Waals surface area (Å²) in [7, 11) is 0. The van der Waals surface area contributed by atoms with Crippen LogP contribution in [0, 0.1) is 10.1 Å². The smallest absolute Gasteiger partial charge is 0.305 e. The fourth-order valence-corrected chi connectivity index (χ4v) is 2.97. The number of nitro benzene ring substituents is 1. The van der Waals surface area contributed by atoms with Gasteiger partial charge in [-0.1, -0.05) is 0 Å². The molecule has 1 heterocycles. The first kappa shape index (κ1) is 17.2. The quantitative estimate of drug-likeness (QED) is 0.493. The van der Waals surface area contributed by atoms with Gasteiger partial charge in [-0.2, -0.15) is 0 Å². The molecule has 1 N–H and O–H groups in total. The predicted octanol–water partition coefficient (Wildman–Crippen LogP) is 1.63. The second kappa shape index (κ2) is 7.42. The van der Waals surface area contributed by atoms with Crippen molar-refractivity contribution in [1.29, 1.82) is 0 Å². The van der Waals surface area contributed by atoms with E-state index in [1.54, 1.807) is 6.26 Å². The van der Waals surface area contributed by atoms with Gasteiger partial charge >= 0.3 is 5.97 Å². The minimum absolute atomic E-state index is 0.133. The van der Waals surface area contributed by atoms with Crippen LogP contribution in [0.2, 0.25) is 0 Å². The number of thioether (sulfide) groups is 1. The minimum Gasteiger partial charge on any atom is -0.481 e. The Morgan fingerprint density at radius 2 is 2.26 bits per heavy atom. The highest BCUT2D eigenvalue weighted by Gasteiger charge is 2.30. The first-order valence-electron chi connectivity index (χ1n) is 6.87. The molecule has 1 aliphatic heterocycles. The number of nitro groups is 1.